The Bertz CT molecular complexity index is 187. The van der Waals surface area contributed by atoms with E-state index in [2.05, 4.69) is 19.2 Å². The molecule has 12 heavy (non-hydrogen) atoms. The molecule has 2 nitrogen and oxygen atoms in total. The van der Waals surface area contributed by atoms with E-state index in [1.807, 2.05) is 6.92 Å². The van der Waals surface area contributed by atoms with Gasteiger partial charge in [-0.3, -0.25) is 0 Å². The fourth-order valence-corrected chi connectivity index (χ4v) is 6.02. The third-order valence-corrected chi connectivity index (χ3v) is 7.59. The van der Waals surface area contributed by atoms with Crippen LogP contribution in [0.3, 0.4) is 0 Å². The number of hydrogen-bond donors (Lipinski definition) is 0. The first-order chi connectivity index (χ1) is 5.49. The fourth-order valence-electron chi connectivity index (χ4n) is 1.40. The summed E-state index contributed by atoms with van der Waals surface area (Å²) in [6, 6.07) is 0. The van der Waals surface area contributed by atoms with Crippen LogP contribution >= 0.6 is 0 Å². The Morgan fingerprint density at radius 3 is 2.17 bits per heavy atom. The van der Waals surface area contributed by atoms with E-state index in [1.165, 1.54) is 0 Å². The first-order valence-electron chi connectivity index (χ1n) is 4.44. The number of allylic oxidation sites excluding steroid dienone is 2. The minimum atomic E-state index is -1.43. The minimum absolute atomic E-state index is 0.151. The Hall–Kier alpha value is 0.0801. The van der Waals surface area contributed by atoms with Gasteiger partial charge >= 0.3 is 83.6 Å². The molecule has 0 heterocycles. The number of ketones is 1. The summed E-state index contributed by atoms with van der Waals surface area (Å²) < 4.78 is 7.08. The number of carbonyl (C=O) groups is 1. The van der Waals surface area contributed by atoms with Gasteiger partial charge in [-0.2, -0.15) is 0 Å². The van der Waals surface area contributed by atoms with Crippen LogP contribution in [0, 0.1) is 0 Å². The number of carbonyl (C=O) groups excluding carboxylic acids is 1. The van der Waals surface area contributed by atoms with Gasteiger partial charge in [0.05, 0.1) is 0 Å². The van der Waals surface area contributed by atoms with Crippen LogP contribution in [0.1, 0.15) is 20.8 Å². The van der Waals surface area contributed by atoms with Crippen LogP contribution < -0.4 is 0 Å². The molecule has 0 N–H and O–H groups in total. The standard InChI is InChI=1S/C7H13NO.2CH3.In/c1-4-8-6(2)5-7(3)9;;;/h5H,4H2,1-3H3,(H,8,9);2*1H3;/q;;;+1/p-1. The zero-order valence-corrected chi connectivity index (χ0v) is 12.0. The van der Waals surface area contributed by atoms with Crippen molar-refractivity contribution in [3.8, 4) is 0 Å². The van der Waals surface area contributed by atoms with Crippen LogP contribution in [0.5, 0.6) is 0 Å². The van der Waals surface area contributed by atoms with E-state index < -0.39 is 21.7 Å². The van der Waals surface area contributed by atoms with Gasteiger partial charge in [-0.05, 0) is 0 Å². The molecule has 0 atom stereocenters. The van der Waals surface area contributed by atoms with Crippen LogP contribution in [0.2, 0.25) is 9.36 Å². The molecule has 0 aliphatic carbocycles. The second-order valence-electron chi connectivity index (χ2n) is 3.28. The van der Waals surface area contributed by atoms with Crippen LogP contribution in [0.25, 0.3) is 0 Å². The van der Waals surface area contributed by atoms with E-state index in [1.54, 1.807) is 13.0 Å². The van der Waals surface area contributed by atoms with Crippen molar-refractivity contribution < 1.29 is 4.79 Å². The maximum atomic E-state index is 10.8. The summed E-state index contributed by atoms with van der Waals surface area (Å²) in [7, 11) is 0. The van der Waals surface area contributed by atoms with Crippen molar-refractivity contribution in [2.24, 2.45) is 0 Å². The molecule has 0 rings (SSSR count). The molecule has 0 saturated heterocycles. The Morgan fingerprint density at radius 1 is 1.42 bits per heavy atom. The van der Waals surface area contributed by atoms with Crippen LogP contribution in [-0.4, -0.2) is 36.9 Å². The second kappa shape index (κ2) is 5.68. The van der Waals surface area contributed by atoms with E-state index in [4.69, 9.17) is 0 Å². The van der Waals surface area contributed by atoms with Crippen molar-refractivity contribution in [3.63, 3.8) is 0 Å². The number of nitrogens with zero attached hydrogens (tertiary/aromatic N) is 1. The Labute approximate surface area is 83.6 Å². The van der Waals surface area contributed by atoms with Crippen molar-refractivity contribution in [1.82, 2.24) is 2.89 Å². The second-order valence-corrected chi connectivity index (χ2v) is 11.3. The average molecular weight is 271 g/mol. The fraction of sp³-hybridized carbons (Fsp3) is 0.667. The number of rotatable bonds is 4. The van der Waals surface area contributed by atoms with Crippen molar-refractivity contribution in [1.29, 1.82) is 0 Å². The molecule has 0 spiro atoms. The van der Waals surface area contributed by atoms with Crippen molar-refractivity contribution in [3.05, 3.63) is 11.8 Å². The van der Waals surface area contributed by atoms with Crippen LogP contribution in [0.15, 0.2) is 11.8 Å². The van der Waals surface area contributed by atoms with Crippen molar-refractivity contribution in [2.45, 2.75) is 30.1 Å². The molecule has 0 aromatic rings. The molecule has 0 saturated carbocycles. The Morgan fingerprint density at radius 2 is 1.92 bits per heavy atom. The van der Waals surface area contributed by atoms with Gasteiger partial charge < -0.3 is 0 Å². The van der Waals surface area contributed by atoms with E-state index in [0.717, 1.165) is 12.2 Å². The normalized spacial score (nSPS) is 11.2. The van der Waals surface area contributed by atoms with Gasteiger partial charge in [0.15, 0.2) is 0 Å². The van der Waals surface area contributed by atoms with Gasteiger partial charge in [-0.1, -0.05) is 0 Å². The van der Waals surface area contributed by atoms with Gasteiger partial charge in [-0.15, -0.1) is 0 Å². The molecule has 3 heteroatoms. The molecule has 0 aromatic carbocycles. The van der Waals surface area contributed by atoms with E-state index in [0.29, 0.717) is 0 Å². The van der Waals surface area contributed by atoms with Gasteiger partial charge in [0.2, 0.25) is 0 Å². The quantitative estimate of drug-likeness (QED) is 0.729. The first kappa shape index (κ1) is 12.1. The van der Waals surface area contributed by atoms with Crippen molar-refractivity contribution >= 4 is 27.5 Å². The number of hydrogen-bond acceptors (Lipinski definition) is 2. The molecule has 0 amide bonds. The summed E-state index contributed by atoms with van der Waals surface area (Å²) in [6.07, 6.45) is 1.74. The topological polar surface area (TPSA) is 20.3 Å². The average Bonchev–Trinajstić information content (AvgIpc) is 1.85. The molecule has 0 radical (unpaired) electrons. The predicted octanol–water partition coefficient (Wildman–Crippen LogP) is 2.05. The molecule has 68 valence electrons. The summed E-state index contributed by atoms with van der Waals surface area (Å²) in [5.74, 6) is 0.151. The zero-order valence-electron chi connectivity index (χ0n) is 8.72. The van der Waals surface area contributed by atoms with Crippen LogP contribution in [-0.2, 0) is 4.79 Å². The molecule has 0 aromatic heterocycles. The van der Waals surface area contributed by atoms with Crippen LogP contribution in [0.4, 0.5) is 0 Å². The van der Waals surface area contributed by atoms with Gasteiger partial charge in [0.1, 0.15) is 0 Å². The molecular formula is C9H18InNO. The van der Waals surface area contributed by atoms with Gasteiger partial charge in [0, 0.05) is 0 Å². The maximum absolute atomic E-state index is 10.8. The summed E-state index contributed by atoms with van der Waals surface area (Å²) in [4.78, 5) is 10.8. The van der Waals surface area contributed by atoms with Gasteiger partial charge in [-0.25, -0.2) is 0 Å². The third kappa shape index (κ3) is 4.19. The molecular weight excluding hydrogens is 253 g/mol. The SMILES string of the molecule is CC[N](/C(C)=C\C(C)=O)[In]([CH3])[CH3]. The van der Waals surface area contributed by atoms with E-state index in [-0.39, 0.29) is 5.78 Å². The predicted molar refractivity (Wildman–Crippen MR) is 54.3 cm³/mol. The molecule has 0 fully saturated rings. The zero-order chi connectivity index (χ0) is 9.72. The summed E-state index contributed by atoms with van der Waals surface area (Å²) in [5, 5.41) is 0. The van der Waals surface area contributed by atoms with Gasteiger partial charge in [0.25, 0.3) is 0 Å². The monoisotopic (exact) mass is 271 g/mol. The van der Waals surface area contributed by atoms with E-state index in [9.17, 15) is 4.79 Å². The molecule has 0 unspecified atom stereocenters. The Kier molecular flexibility index (Phi) is 5.72. The Balaban J connectivity index is 4.40. The summed E-state index contributed by atoms with van der Waals surface area (Å²) in [5.41, 5.74) is 1.15. The van der Waals surface area contributed by atoms with Crippen molar-refractivity contribution in [2.75, 3.05) is 6.54 Å². The molecule has 0 bridgehead atoms. The summed E-state index contributed by atoms with van der Waals surface area (Å²) in [6.45, 7) is 6.83. The summed E-state index contributed by atoms with van der Waals surface area (Å²) >= 11 is -1.43. The van der Waals surface area contributed by atoms with E-state index >= 15 is 0 Å². The molecule has 0 aliphatic heterocycles. The molecule has 0 aliphatic rings. The third-order valence-electron chi connectivity index (χ3n) is 1.83. The first-order valence-corrected chi connectivity index (χ1v) is 12.5.